The van der Waals surface area contributed by atoms with E-state index in [-0.39, 0.29) is 0 Å². The van der Waals surface area contributed by atoms with Crippen molar-refractivity contribution in [1.82, 2.24) is 4.90 Å². The van der Waals surface area contributed by atoms with Gasteiger partial charge in [-0.05, 0) is 50.7 Å². The molecule has 0 aromatic heterocycles. The quantitative estimate of drug-likeness (QED) is 0.537. The minimum absolute atomic E-state index is 0.890. The molecular weight excluding hydrogens is 230 g/mol. The van der Waals surface area contributed by atoms with Crippen LogP contribution in [0.25, 0.3) is 0 Å². The Hall–Kier alpha value is -0.0400. The van der Waals surface area contributed by atoms with Crippen LogP contribution in [0.2, 0.25) is 0 Å². The van der Waals surface area contributed by atoms with Crippen LogP contribution in [0.3, 0.4) is 0 Å². The van der Waals surface area contributed by atoms with Crippen LogP contribution in [-0.4, -0.2) is 24.5 Å². The van der Waals surface area contributed by atoms with E-state index in [0.29, 0.717) is 0 Å². The predicted molar refractivity (Wildman–Crippen MR) is 90.8 cm³/mol. The van der Waals surface area contributed by atoms with Crippen molar-refractivity contribution in [1.29, 1.82) is 0 Å². The zero-order valence-electron chi connectivity index (χ0n) is 15.0. The van der Waals surface area contributed by atoms with Gasteiger partial charge in [0.2, 0.25) is 0 Å². The highest BCUT2D eigenvalue weighted by molar-refractivity contribution is 4.69. The molecule has 0 unspecified atom stereocenters. The molecule has 0 aromatic carbocycles. The highest BCUT2D eigenvalue weighted by Gasteiger charge is 2.14. The minimum Gasteiger partial charge on any atom is -0.303 e. The van der Waals surface area contributed by atoms with Gasteiger partial charge >= 0.3 is 0 Å². The molecule has 19 heavy (non-hydrogen) atoms. The summed E-state index contributed by atoms with van der Waals surface area (Å²) in [4.78, 5) is 2.66. The molecule has 1 aliphatic rings. The van der Waals surface area contributed by atoms with E-state index in [1.165, 1.54) is 58.2 Å². The summed E-state index contributed by atoms with van der Waals surface area (Å²) < 4.78 is 0. The van der Waals surface area contributed by atoms with Gasteiger partial charge in [0.25, 0.3) is 0 Å². The van der Waals surface area contributed by atoms with Gasteiger partial charge in [0.1, 0.15) is 0 Å². The molecule has 118 valence electrons. The SMILES string of the molecule is CC.CC.CC(C)CCCCCN1CCC(C)CC1. The van der Waals surface area contributed by atoms with Crippen molar-refractivity contribution >= 4 is 0 Å². The summed E-state index contributed by atoms with van der Waals surface area (Å²) in [6, 6.07) is 0. The van der Waals surface area contributed by atoms with Crippen LogP contribution in [0, 0.1) is 11.8 Å². The molecule has 0 aromatic rings. The molecule has 1 saturated heterocycles. The molecule has 1 rings (SSSR count). The van der Waals surface area contributed by atoms with E-state index in [0.717, 1.165) is 11.8 Å². The van der Waals surface area contributed by atoms with Crippen LogP contribution < -0.4 is 0 Å². The fourth-order valence-corrected chi connectivity index (χ4v) is 2.35. The average Bonchev–Trinajstić information content (AvgIpc) is 2.45. The number of likely N-dealkylation sites (tertiary alicyclic amines) is 1. The van der Waals surface area contributed by atoms with E-state index in [2.05, 4.69) is 25.7 Å². The largest absolute Gasteiger partial charge is 0.303 e. The molecular formula is C18H41N. The van der Waals surface area contributed by atoms with Crippen molar-refractivity contribution in [2.75, 3.05) is 19.6 Å². The van der Waals surface area contributed by atoms with Gasteiger partial charge in [-0.25, -0.2) is 0 Å². The summed E-state index contributed by atoms with van der Waals surface area (Å²) in [7, 11) is 0. The number of nitrogens with zero attached hydrogens (tertiary/aromatic N) is 1. The summed E-state index contributed by atoms with van der Waals surface area (Å²) in [5, 5.41) is 0. The van der Waals surface area contributed by atoms with Crippen LogP contribution in [0.1, 0.15) is 87.0 Å². The van der Waals surface area contributed by atoms with Gasteiger partial charge in [0.15, 0.2) is 0 Å². The fraction of sp³-hybridized carbons (Fsp3) is 1.00. The number of piperidine rings is 1. The van der Waals surface area contributed by atoms with Crippen LogP contribution in [-0.2, 0) is 0 Å². The van der Waals surface area contributed by atoms with Gasteiger partial charge in [-0.3, -0.25) is 0 Å². The van der Waals surface area contributed by atoms with Crippen molar-refractivity contribution in [3.63, 3.8) is 0 Å². The Bertz CT molecular complexity index is 146. The van der Waals surface area contributed by atoms with E-state index in [1.807, 2.05) is 27.7 Å². The first-order valence-electron chi connectivity index (χ1n) is 8.91. The molecule has 0 spiro atoms. The number of rotatable bonds is 6. The molecule has 0 N–H and O–H groups in total. The first-order chi connectivity index (χ1) is 9.18. The maximum absolute atomic E-state index is 2.66. The molecule has 1 nitrogen and oxygen atoms in total. The lowest BCUT2D eigenvalue weighted by molar-refractivity contribution is 0.189. The predicted octanol–water partition coefficient (Wildman–Crippen LogP) is 5.99. The Morgan fingerprint density at radius 2 is 1.42 bits per heavy atom. The van der Waals surface area contributed by atoms with Crippen molar-refractivity contribution in [3.05, 3.63) is 0 Å². The Morgan fingerprint density at radius 3 is 1.89 bits per heavy atom. The van der Waals surface area contributed by atoms with Gasteiger partial charge in [-0.15, -0.1) is 0 Å². The molecule has 1 aliphatic heterocycles. The molecule has 0 bridgehead atoms. The van der Waals surface area contributed by atoms with Crippen molar-refractivity contribution in [3.8, 4) is 0 Å². The Balaban J connectivity index is 0. The molecule has 0 radical (unpaired) electrons. The standard InChI is InChI=1S/C14H29N.2C2H6/c1-13(2)7-5-4-6-10-15-11-8-14(3)9-12-15;2*1-2/h13-14H,4-12H2,1-3H3;2*1-2H3. The summed E-state index contributed by atoms with van der Waals surface area (Å²) >= 11 is 0. The van der Waals surface area contributed by atoms with E-state index < -0.39 is 0 Å². The van der Waals surface area contributed by atoms with Crippen molar-refractivity contribution in [2.24, 2.45) is 11.8 Å². The smallest absolute Gasteiger partial charge is 0.00162 e. The second kappa shape index (κ2) is 16.0. The van der Waals surface area contributed by atoms with Gasteiger partial charge in [0, 0.05) is 0 Å². The maximum atomic E-state index is 2.66. The third kappa shape index (κ3) is 14.2. The Kier molecular flexibility index (Phi) is 17.9. The zero-order chi connectivity index (χ0) is 15.1. The van der Waals surface area contributed by atoms with Crippen LogP contribution in [0.15, 0.2) is 0 Å². The molecule has 0 atom stereocenters. The molecule has 1 heterocycles. The monoisotopic (exact) mass is 271 g/mol. The fourth-order valence-electron chi connectivity index (χ4n) is 2.35. The van der Waals surface area contributed by atoms with E-state index >= 15 is 0 Å². The summed E-state index contributed by atoms with van der Waals surface area (Å²) in [6.45, 7) is 19.1. The number of hydrogen-bond donors (Lipinski definition) is 0. The minimum atomic E-state index is 0.890. The van der Waals surface area contributed by atoms with Crippen LogP contribution in [0.4, 0.5) is 0 Å². The lowest BCUT2D eigenvalue weighted by Gasteiger charge is -2.30. The van der Waals surface area contributed by atoms with Gasteiger partial charge in [0.05, 0.1) is 0 Å². The normalized spacial score (nSPS) is 16.4. The topological polar surface area (TPSA) is 3.24 Å². The van der Waals surface area contributed by atoms with Crippen LogP contribution in [0.5, 0.6) is 0 Å². The third-order valence-electron chi connectivity index (χ3n) is 3.63. The summed E-state index contributed by atoms with van der Waals surface area (Å²) in [5.41, 5.74) is 0. The Labute approximate surface area is 124 Å². The lowest BCUT2D eigenvalue weighted by atomic mass is 9.99. The average molecular weight is 272 g/mol. The zero-order valence-corrected chi connectivity index (χ0v) is 15.0. The van der Waals surface area contributed by atoms with Gasteiger partial charge < -0.3 is 4.90 Å². The van der Waals surface area contributed by atoms with E-state index in [1.54, 1.807) is 0 Å². The first kappa shape index (κ1) is 21.3. The second-order valence-corrected chi connectivity index (χ2v) is 5.77. The molecule has 1 fully saturated rings. The molecule has 0 amide bonds. The van der Waals surface area contributed by atoms with E-state index in [4.69, 9.17) is 0 Å². The highest BCUT2D eigenvalue weighted by atomic mass is 15.1. The molecule has 0 aliphatic carbocycles. The van der Waals surface area contributed by atoms with E-state index in [9.17, 15) is 0 Å². The number of hydrogen-bond acceptors (Lipinski definition) is 1. The van der Waals surface area contributed by atoms with Crippen LogP contribution >= 0.6 is 0 Å². The molecule has 0 saturated carbocycles. The maximum Gasteiger partial charge on any atom is -0.00162 e. The molecule has 1 heteroatoms. The first-order valence-corrected chi connectivity index (χ1v) is 8.91. The van der Waals surface area contributed by atoms with Gasteiger partial charge in [-0.1, -0.05) is 67.7 Å². The van der Waals surface area contributed by atoms with Gasteiger partial charge in [-0.2, -0.15) is 0 Å². The second-order valence-electron chi connectivity index (χ2n) is 5.77. The lowest BCUT2D eigenvalue weighted by Crippen LogP contribution is -2.33. The van der Waals surface area contributed by atoms with Crippen molar-refractivity contribution < 1.29 is 0 Å². The van der Waals surface area contributed by atoms with Crippen molar-refractivity contribution in [2.45, 2.75) is 87.0 Å². The highest BCUT2D eigenvalue weighted by Crippen LogP contribution is 2.16. The summed E-state index contributed by atoms with van der Waals surface area (Å²) in [5.74, 6) is 1.86. The Morgan fingerprint density at radius 1 is 0.895 bits per heavy atom. The number of unbranched alkanes of at least 4 members (excludes halogenated alkanes) is 2. The summed E-state index contributed by atoms with van der Waals surface area (Å²) in [6.07, 6.45) is 8.54. The third-order valence-corrected chi connectivity index (χ3v) is 3.63.